The molecule has 3 rings (SSSR count). The molecule has 1 saturated heterocycles. The number of hydrogen-bond acceptors (Lipinski definition) is 4. The van der Waals surface area contributed by atoms with Crippen LogP contribution in [-0.4, -0.2) is 37.2 Å². The van der Waals surface area contributed by atoms with Gasteiger partial charge in [0.25, 0.3) is 0 Å². The molecule has 1 aromatic rings. The third-order valence-corrected chi connectivity index (χ3v) is 4.87. The van der Waals surface area contributed by atoms with Gasteiger partial charge in [0, 0.05) is 49.1 Å². The number of hydrogen-bond donors (Lipinski definition) is 1. The summed E-state index contributed by atoms with van der Waals surface area (Å²) in [5, 5.41) is 3.57. The Labute approximate surface area is 113 Å². The van der Waals surface area contributed by atoms with Crippen molar-refractivity contribution in [2.75, 3.05) is 20.2 Å². The first kappa shape index (κ1) is 12.6. The van der Waals surface area contributed by atoms with Gasteiger partial charge in [-0.15, -0.1) is 11.3 Å². The SMILES string of the molecule is COC1CCN(Cc2ccc(CNC3CC3)s2)C1. The molecule has 2 heterocycles. The van der Waals surface area contributed by atoms with Gasteiger partial charge in [-0.3, -0.25) is 4.90 Å². The highest BCUT2D eigenvalue weighted by atomic mass is 32.1. The fourth-order valence-corrected chi connectivity index (χ4v) is 3.50. The number of thiophene rings is 1. The number of rotatable bonds is 6. The van der Waals surface area contributed by atoms with Crippen molar-refractivity contribution in [3.63, 3.8) is 0 Å². The van der Waals surface area contributed by atoms with E-state index in [1.165, 1.54) is 35.6 Å². The molecule has 1 aromatic heterocycles. The highest BCUT2D eigenvalue weighted by Crippen LogP contribution is 2.23. The number of ether oxygens (including phenoxy) is 1. The second-order valence-corrected chi connectivity index (χ2v) is 6.66. The van der Waals surface area contributed by atoms with Crippen LogP contribution in [0.15, 0.2) is 12.1 Å². The Morgan fingerprint density at radius 3 is 2.89 bits per heavy atom. The zero-order chi connectivity index (χ0) is 12.4. The van der Waals surface area contributed by atoms with Crippen LogP contribution in [0.3, 0.4) is 0 Å². The average molecular weight is 266 g/mol. The molecule has 100 valence electrons. The van der Waals surface area contributed by atoms with E-state index in [0.717, 1.165) is 25.7 Å². The third-order valence-electron chi connectivity index (χ3n) is 3.80. The van der Waals surface area contributed by atoms with Crippen LogP contribution in [0, 0.1) is 0 Å². The molecule has 2 aliphatic rings. The minimum Gasteiger partial charge on any atom is -0.380 e. The van der Waals surface area contributed by atoms with E-state index in [2.05, 4.69) is 22.3 Å². The van der Waals surface area contributed by atoms with Crippen LogP contribution in [0.4, 0.5) is 0 Å². The van der Waals surface area contributed by atoms with Gasteiger partial charge in [0.05, 0.1) is 6.10 Å². The summed E-state index contributed by atoms with van der Waals surface area (Å²) >= 11 is 1.95. The number of methoxy groups -OCH3 is 1. The Morgan fingerprint density at radius 1 is 1.33 bits per heavy atom. The molecule has 1 aliphatic carbocycles. The van der Waals surface area contributed by atoms with Crippen LogP contribution in [-0.2, 0) is 17.8 Å². The second kappa shape index (κ2) is 5.70. The Kier molecular flexibility index (Phi) is 3.99. The number of likely N-dealkylation sites (tertiary alicyclic amines) is 1. The van der Waals surface area contributed by atoms with Crippen LogP contribution in [0.25, 0.3) is 0 Å². The smallest absolute Gasteiger partial charge is 0.0710 e. The predicted molar refractivity (Wildman–Crippen MR) is 74.9 cm³/mol. The summed E-state index contributed by atoms with van der Waals surface area (Å²) in [5.41, 5.74) is 0. The number of nitrogens with zero attached hydrogens (tertiary/aromatic N) is 1. The quantitative estimate of drug-likeness (QED) is 0.854. The first-order valence-electron chi connectivity index (χ1n) is 6.89. The van der Waals surface area contributed by atoms with Gasteiger partial charge >= 0.3 is 0 Å². The van der Waals surface area contributed by atoms with E-state index in [0.29, 0.717) is 6.10 Å². The zero-order valence-corrected chi connectivity index (χ0v) is 11.8. The molecule has 18 heavy (non-hydrogen) atoms. The van der Waals surface area contributed by atoms with Crippen LogP contribution < -0.4 is 5.32 Å². The Hall–Kier alpha value is -0.420. The molecule has 0 aromatic carbocycles. The minimum absolute atomic E-state index is 0.445. The van der Waals surface area contributed by atoms with E-state index in [4.69, 9.17) is 4.74 Å². The van der Waals surface area contributed by atoms with Gasteiger partial charge in [-0.25, -0.2) is 0 Å². The lowest BCUT2D eigenvalue weighted by Gasteiger charge is -2.13. The molecule has 2 fully saturated rings. The molecule has 0 bridgehead atoms. The molecule has 4 heteroatoms. The Bertz CT molecular complexity index is 389. The summed E-state index contributed by atoms with van der Waals surface area (Å²) in [5.74, 6) is 0. The van der Waals surface area contributed by atoms with Gasteiger partial charge in [0.1, 0.15) is 0 Å². The molecule has 1 N–H and O–H groups in total. The Balaban J connectivity index is 1.47. The van der Waals surface area contributed by atoms with Crippen LogP contribution in [0.5, 0.6) is 0 Å². The van der Waals surface area contributed by atoms with Crippen LogP contribution in [0.1, 0.15) is 29.0 Å². The van der Waals surface area contributed by atoms with Crippen molar-refractivity contribution in [3.05, 3.63) is 21.9 Å². The van der Waals surface area contributed by atoms with E-state index in [1.807, 2.05) is 18.4 Å². The standard InChI is InChI=1S/C14H22N2OS/c1-17-12-6-7-16(9-12)10-14-5-4-13(18-14)8-15-11-2-3-11/h4-5,11-12,15H,2-3,6-10H2,1H3. The van der Waals surface area contributed by atoms with Gasteiger partial charge < -0.3 is 10.1 Å². The third kappa shape index (κ3) is 3.32. The molecule has 3 nitrogen and oxygen atoms in total. The van der Waals surface area contributed by atoms with E-state index in [-0.39, 0.29) is 0 Å². The number of nitrogens with one attached hydrogen (secondary N) is 1. The van der Waals surface area contributed by atoms with Crippen molar-refractivity contribution in [1.29, 1.82) is 0 Å². The van der Waals surface area contributed by atoms with Crippen molar-refractivity contribution >= 4 is 11.3 Å². The fraction of sp³-hybridized carbons (Fsp3) is 0.714. The molecule has 0 radical (unpaired) electrons. The van der Waals surface area contributed by atoms with Crippen LogP contribution >= 0.6 is 11.3 Å². The average Bonchev–Trinajstić information content (AvgIpc) is 2.93. The Morgan fingerprint density at radius 2 is 2.17 bits per heavy atom. The van der Waals surface area contributed by atoms with E-state index < -0.39 is 0 Å². The molecular weight excluding hydrogens is 244 g/mol. The summed E-state index contributed by atoms with van der Waals surface area (Å²) in [6.07, 6.45) is 4.35. The minimum atomic E-state index is 0.445. The monoisotopic (exact) mass is 266 g/mol. The van der Waals surface area contributed by atoms with Crippen molar-refractivity contribution in [2.45, 2.75) is 44.5 Å². The van der Waals surface area contributed by atoms with Gasteiger partial charge in [-0.05, 0) is 31.4 Å². The van der Waals surface area contributed by atoms with Gasteiger partial charge in [0.2, 0.25) is 0 Å². The van der Waals surface area contributed by atoms with Crippen molar-refractivity contribution in [1.82, 2.24) is 10.2 Å². The van der Waals surface area contributed by atoms with Crippen molar-refractivity contribution in [3.8, 4) is 0 Å². The summed E-state index contributed by atoms with van der Waals surface area (Å²) < 4.78 is 5.41. The summed E-state index contributed by atoms with van der Waals surface area (Å²) in [6.45, 7) is 4.40. The first-order valence-corrected chi connectivity index (χ1v) is 7.71. The van der Waals surface area contributed by atoms with Crippen molar-refractivity contribution < 1.29 is 4.74 Å². The molecule has 1 saturated carbocycles. The lowest BCUT2D eigenvalue weighted by molar-refractivity contribution is 0.107. The molecule has 1 unspecified atom stereocenters. The maximum Gasteiger partial charge on any atom is 0.0710 e. The first-order chi connectivity index (χ1) is 8.83. The normalized spacial score (nSPS) is 24.8. The molecule has 0 spiro atoms. The van der Waals surface area contributed by atoms with E-state index in [1.54, 1.807) is 0 Å². The van der Waals surface area contributed by atoms with Gasteiger partial charge in [0.15, 0.2) is 0 Å². The van der Waals surface area contributed by atoms with Gasteiger partial charge in [-0.1, -0.05) is 0 Å². The summed E-state index contributed by atoms with van der Waals surface area (Å²) in [7, 11) is 1.82. The van der Waals surface area contributed by atoms with E-state index in [9.17, 15) is 0 Å². The largest absolute Gasteiger partial charge is 0.380 e. The highest BCUT2D eigenvalue weighted by Gasteiger charge is 2.23. The zero-order valence-electron chi connectivity index (χ0n) is 11.0. The molecule has 0 amide bonds. The summed E-state index contributed by atoms with van der Waals surface area (Å²) in [6, 6.07) is 5.37. The maximum absolute atomic E-state index is 5.41. The molecule has 1 atom stereocenters. The second-order valence-electron chi connectivity index (χ2n) is 5.40. The van der Waals surface area contributed by atoms with Crippen molar-refractivity contribution in [2.24, 2.45) is 0 Å². The molecule has 1 aliphatic heterocycles. The predicted octanol–water partition coefficient (Wildman–Crippen LogP) is 2.22. The highest BCUT2D eigenvalue weighted by molar-refractivity contribution is 7.11. The van der Waals surface area contributed by atoms with Crippen LogP contribution in [0.2, 0.25) is 0 Å². The topological polar surface area (TPSA) is 24.5 Å². The van der Waals surface area contributed by atoms with Gasteiger partial charge in [-0.2, -0.15) is 0 Å². The molecular formula is C14H22N2OS. The lowest BCUT2D eigenvalue weighted by Crippen LogP contribution is -2.21. The van der Waals surface area contributed by atoms with E-state index >= 15 is 0 Å². The summed E-state index contributed by atoms with van der Waals surface area (Å²) in [4.78, 5) is 5.46. The lowest BCUT2D eigenvalue weighted by atomic mass is 10.3. The fourth-order valence-electron chi connectivity index (χ4n) is 2.49. The maximum atomic E-state index is 5.41.